The number of thiophene rings is 1. The van der Waals surface area contributed by atoms with Gasteiger partial charge in [-0.2, -0.15) is 0 Å². The Morgan fingerprint density at radius 2 is 1.63 bits per heavy atom. The van der Waals surface area contributed by atoms with E-state index >= 15 is 0 Å². The molecule has 0 aliphatic carbocycles. The number of nitrogens with zero attached hydrogens (tertiary/aromatic N) is 4. The third-order valence-corrected chi connectivity index (χ3v) is 6.89. The molecule has 0 amide bonds. The fraction of sp³-hybridized carbons (Fsp3) is 0.393. The van der Waals surface area contributed by atoms with Crippen LogP contribution in [-0.4, -0.2) is 58.1 Å². The monoisotopic (exact) mass is 616 g/mol. The summed E-state index contributed by atoms with van der Waals surface area (Å²) in [5, 5.41) is 20.6. The number of rotatable bonds is 19. The predicted octanol–water partition coefficient (Wildman–Crippen LogP) is 4.77. The molecule has 0 bridgehead atoms. The molecule has 2 aromatic heterocycles. The number of ether oxygens (including phenoxy) is 2. The molecule has 0 saturated carbocycles. The van der Waals surface area contributed by atoms with E-state index < -0.39 is 22.1 Å². The van der Waals surface area contributed by atoms with Gasteiger partial charge >= 0.3 is 11.9 Å². The van der Waals surface area contributed by atoms with Crippen molar-refractivity contribution in [3.63, 3.8) is 0 Å². The van der Waals surface area contributed by atoms with Crippen LogP contribution in [0.1, 0.15) is 64.9 Å². The van der Waals surface area contributed by atoms with Crippen molar-refractivity contribution in [2.75, 3.05) is 26.4 Å². The van der Waals surface area contributed by atoms with E-state index in [-0.39, 0.29) is 39.3 Å². The Kier molecular flexibility index (Phi) is 13.1. The number of esters is 2. The van der Waals surface area contributed by atoms with E-state index in [4.69, 9.17) is 9.47 Å². The van der Waals surface area contributed by atoms with E-state index in [1.165, 1.54) is 11.3 Å². The summed E-state index contributed by atoms with van der Waals surface area (Å²) in [7, 11) is 0. The molecule has 230 valence electrons. The molecule has 0 spiro atoms. The van der Waals surface area contributed by atoms with Gasteiger partial charge in [0.05, 0.1) is 49.5 Å². The Hall–Kier alpha value is -4.79. The molecule has 14 nitrogen and oxygen atoms in total. The molecule has 3 rings (SSSR count). The van der Waals surface area contributed by atoms with E-state index in [9.17, 15) is 29.8 Å². The van der Waals surface area contributed by atoms with E-state index in [0.717, 1.165) is 30.7 Å². The third-order valence-electron chi connectivity index (χ3n) is 5.99. The van der Waals surface area contributed by atoms with Gasteiger partial charge in [0.2, 0.25) is 0 Å². The second-order valence-corrected chi connectivity index (χ2v) is 10.1. The van der Waals surface area contributed by atoms with Gasteiger partial charge in [-0.05, 0) is 41.6 Å². The van der Waals surface area contributed by atoms with E-state index in [0.29, 0.717) is 28.3 Å². The highest BCUT2D eigenvalue weighted by molar-refractivity contribution is 7.11. The van der Waals surface area contributed by atoms with Crippen molar-refractivity contribution in [3.05, 3.63) is 95.7 Å². The topological polar surface area (TPSA) is 175 Å². The van der Waals surface area contributed by atoms with Crippen molar-refractivity contribution in [1.82, 2.24) is 9.55 Å². The van der Waals surface area contributed by atoms with Crippen LogP contribution in [0, 0.1) is 20.2 Å². The SMILES string of the molecule is CCCCc1ncc(/C=C(/C(=O)OCCCO[N+](=O)[O-])c2cccs2)n1Cc1ccc(C(=O)OCCCO[N+](=O)[O-])cc1. The van der Waals surface area contributed by atoms with Crippen molar-refractivity contribution in [3.8, 4) is 0 Å². The molecule has 0 unspecified atom stereocenters. The van der Waals surface area contributed by atoms with Gasteiger partial charge < -0.3 is 23.7 Å². The van der Waals surface area contributed by atoms with Crippen LogP contribution >= 0.6 is 11.3 Å². The quantitative estimate of drug-likeness (QED) is 0.0596. The van der Waals surface area contributed by atoms with Gasteiger partial charge in [0, 0.05) is 30.7 Å². The molecule has 43 heavy (non-hydrogen) atoms. The first kappa shape index (κ1) is 32.7. The minimum absolute atomic E-state index is 0.0123. The molecule has 0 aliphatic heterocycles. The van der Waals surface area contributed by atoms with Gasteiger partial charge in [-0.3, -0.25) is 0 Å². The van der Waals surface area contributed by atoms with Crippen LogP contribution in [0.15, 0.2) is 48.0 Å². The lowest BCUT2D eigenvalue weighted by Crippen LogP contribution is -2.12. The zero-order valence-electron chi connectivity index (χ0n) is 23.5. The first-order valence-corrected chi connectivity index (χ1v) is 14.4. The average Bonchev–Trinajstić information content (AvgIpc) is 3.64. The van der Waals surface area contributed by atoms with Crippen LogP contribution in [0.5, 0.6) is 0 Å². The van der Waals surface area contributed by atoms with Crippen LogP contribution in [-0.2, 0) is 36.9 Å². The molecule has 3 aromatic rings. The van der Waals surface area contributed by atoms with Gasteiger partial charge in [-0.15, -0.1) is 31.6 Å². The number of hydrogen-bond acceptors (Lipinski definition) is 12. The van der Waals surface area contributed by atoms with Gasteiger partial charge in [0.15, 0.2) is 0 Å². The predicted molar refractivity (Wildman–Crippen MR) is 155 cm³/mol. The Bertz CT molecular complexity index is 1390. The molecular weight excluding hydrogens is 584 g/mol. The molecule has 15 heteroatoms. The Balaban J connectivity index is 1.76. The van der Waals surface area contributed by atoms with E-state index in [1.54, 1.807) is 42.6 Å². The first-order chi connectivity index (χ1) is 20.8. The maximum atomic E-state index is 13.1. The highest BCUT2D eigenvalue weighted by Gasteiger charge is 2.18. The average molecular weight is 617 g/mol. The summed E-state index contributed by atoms with van der Waals surface area (Å²) in [4.78, 5) is 59.7. The standard InChI is InChI=1S/C28H32N4O10S/c1-2-3-8-26-29-19-23(18-24(25-7-4-17-43-25)28(34)40-14-6-16-42-32(37)38)30(26)20-21-9-11-22(12-10-21)27(33)39-13-5-15-41-31(35)36/h4,7,9-12,17-19H,2-3,5-6,8,13-16,20H2,1H3/b24-18+. The van der Waals surface area contributed by atoms with Gasteiger partial charge in [0.25, 0.3) is 10.2 Å². The largest absolute Gasteiger partial charge is 0.462 e. The van der Waals surface area contributed by atoms with E-state index in [1.807, 2.05) is 16.0 Å². The number of carbonyl (C=O) groups excluding carboxylic acids is 2. The molecule has 2 heterocycles. The van der Waals surface area contributed by atoms with Crippen LogP contribution in [0.25, 0.3) is 11.6 Å². The number of carbonyl (C=O) groups is 2. The lowest BCUT2D eigenvalue weighted by Gasteiger charge is -2.13. The lowest BCUT2D eigenvalue weighted by molar-refractivity contribution is -0.757. The number of benzene rings is 1. The summed E-state index contributed by atoms with van der Waals surface area (Å²) in [5.74, 6) is -0.282. The van der Waals surface area contributed by atoms with Gasteiger partial charge in [-0.1, -0.05) is 31.5 Å². The Morgan fingerprint density at radius 1 is 0.953 bits per heavy atom. The fourth-order valence-corrected chi connectivity index (χ4v) is 4.62. The molecule has 0 N–H and O–H groups in total. The van der Waals surface area contributed by atoms with Crippen molar-refractivity contribution in [1.29, 1.82) is 0 Å². The van der Waals surface area contributed by atoms with Crippen molar-refractivity contribution < 1.29 is 38.9 Å². The summed E-state index contributed by atoms with van der Waals surface area (Å²) in [6.07, 6.45) is 6.40. The van der Waals surface area contributed by atoms with Crippen molar-refractivity contribution in [2.24, 2.45) is 0 Å². The lowest BCUT2D eigenvalue weighted by atomic mass is 10.1. The number of aryl methyl sites for hydroxylation is 1. The Labute approximate surface area is 251 Å². The minimum atomic E-state index is -0.898. The number of aromatic nitrogens is 2. The third kappa shape index (κ3) is 10.8. The van der Waals surface area contributed by atoms with Gasteiger partial charge in [0.1, 0.15) is 5.82 Å². The molecular formula is C28H32N4O10S. The normalized spacial score (nSPS) is 11.1. The van der Waals surface area contributed by atoms with E-state index in [2.05, 4.69) is 21.6 Å². The van der Waals surface area contributed by atoms with Crippen molar-refractivity contribution >= 4 is 34.9 Å². The van der Waals surface area contributed by atoms with Crippen molar-refractivity contribution in [2.45, 2.75) is 45.6 Å². The summed E-state index contributed by atoms with van der Waals surface area (Å²) >= 11 is 1.38. The molecule has 0 saturated heterocycles. The summed E-state index contributed by atoms with van der Waals surface area (Å²) in [6, 6.07) is 10.5. The molecule has 0 radical (unpaired) electrons. The maximum Gasteiger partial charge on any atom is 0.339 e. The number of imidazole rings is 1. The molecule has 0 atom stereocenters. The van der Waals surface area contributed by atoms with Crippen LogP contribution in [0.3, 0.4) is 0 Å². The highest BCUT2D eigenvalue weighted by atomic mass is 32.1. The first-order valence-electron chi connectivity index (χ1n) is 13.6. The molecule has 1 aromatic carbocycles. The summed E-state index contributed by atoms with van der Waals surface area (Å²) in [6.45, 7) is 2.11. The number of unbranched alkanes of at least 4 members (excludes halogenated alkanes) is 1. The summed E-state index contributed by atoms with van der Waals surface area (Å²) < 4.78 is 12.5. The Morgan fingerprint density at radius 3 is 2.23 bits per heavy atom. The van der Waals surface area contributed by atoms with Gasteiger partial charge in [-0.25, -0.2) is 14.6 Å². The van der Waals surface area contributed by atoms with Crippen LogP contribution in [0.4, 0.5) is 0 Å². The maximum absolute atomic E-state index is 13.1. The molecule has 0 aliphatic rings. The second-order valence-electron chi connectivity index (χ2n) is 9.11. The zero-order valence-corrected chi connectivity index (χ0v) is 24.4. The summed E-state index contributed by atoms with van der Waals surface area (Å²) in [5.41, 5.74) is 2.23. The fourth-order valence-electron chi connectivity index (χ4n) is 3.89. The minimum Gasteiger partial charge on any atom is -0.462 e. The smallest absolute Gasteiger partial charge is 0.339 e. The van der Waals surface area contributed by atoms with Crippen LogP contribution < -0.4 is 0 Å². The van der Waals surface area contributed by atoms with Crippen LogP contribution in [0.2, 0.25) is 0 Å². The zero-order chi connectivity index (χ0) is 31.0. The number of hydrogen-bond donors (Lipinski definition) is 0. The molecule has 0 fully saturated rings. The highest BCUT2D eigenvalue weighted by Crippen LogP contribution is 2.26. The second kappa shape index (κ2) is 17.2.